The van der Waals surface area contributed by atoms with Gasteiger partial charge in [-0.2, -0.15) is 5.10 Å². The molecule has 3 N–H and O–H groups in total. The van der Waals surface area contributed by atoms with Crippen molar-refractivity contribution in [1.29, 1.82) is 0 Å². The zero-order chi connectivity index (χ0) is 21.5. The summed E-state index contributed by atoms with van der Waals surface area (Å²) in [5.74, 6) is 0.140. The lowest BCUT2D eigenvalue weighted by Crippen LogP contribution is -2.15. The Hall–Kier alpha value is -3.65. The molecular formula is C23H23FN6O. The van der Waals surface area contributed by atoms with Crippen molar-refractivity contribution in [3.05, 3.63) is 71.2 Å². The number of rotatable bonds is 6. The van der Waals surface area contributed by atoms with Gasteiger partial charge in [-0.05, 0) is 44.2 Å². The molecule has 0 spiro atoms. The smallest absolute Gasteiger partial charge is 0.347 e. The van der Waals surface area contributed by atoms with Crippen LogP contribution in [-0.2, 0) is 13.1 Å². The molecule has 0 aliphatic carbocycles. The van der Waals surface area contributed by atoms with Gasteiger partial charge < -0.3 is 14.9 Å². The molecule has 0 aliphatic heterocycles. The van der Waals surface area contributed by atoms with Crippen molar-refractivity contribution < 1.29 is 4.39 Å². The second kappa shape index (κ2) is 7.55. The molecule has 5 aromatic rings. The predicted octanol–water partition coefficient (Wildman–Crippen LogP) is 3.64. The quantitative estimate of drug-likeness (QED) is 0.441. The van der Waals surface area contributed by atoms with Crippen LogP contribution in [0.25, 0.3) is 38.9 Å². The fourth-order valence-electron chi connectivity index (χ4n) is 4.26. The average molecular weight is 418 g/mol. The van der Waals surface area contributed by atoms with E-state index in [2.05, 4.69) is 21.7 Å². The number of aryl methyl sites for hydroxylation is 2. The summed E-state index contributed by atoms with van der Waals surface area (Å²) < 4.78 is 19.8. The third-order valence-electron chi connectivity index (χ3n) is 5.71. The average Bonchev–Trinajstić information content (AvgIpc) is 3.44. The number of benzene rings is 2. The molecule has 8 heteroatoms. The molecule has 0 bridgehead atoms. The van der Waals surface area contributed by atoms with Crippen LogP contribution in [0.2, 0.25) is 0 Å². The number of nitrogens with two attached hydrogens (primary N) is 1. The van der Waals surface area contributed by atoms with Crippen molar-refractivity contribution >= 4 is 21.8 Å². The first-order valence-corrected chi connectivity index (χ1v) is 10.4. The summed E-state index contributed by atoms with van der Waals surface area (Å²) in [5.41, 5.74) is 8.67. The highest BCUT2D eigenvalue weighted by Crippen LogP contribution is 2.32. The number of nitrogens with one attached hydrogen (secondary N) is 1. The molecule has 0 unspecified atom stereocenters. The van der Waals surface area contributed by atoms with Crippen LogP contribution in [0.15, 0.2) is 59.7 Å². The van der Waals surface area contributed by atoms with Gasteiger partial charge in [-0.1, -0.05) is 18.2 Å². The van der Waals surface area contributed by atoms with Gasteiger partial charge in [0, 0.05) is 47.3 Å². The Balaban J connectivity index is 1.78. The third-order valence-corrected chi connectivity index (χ3v) is 5.71. The lowest BCUT2D eigenvalue weighted by molar-refractivity contribution is 0.629. The number of halogens is 1. The summed E-state index contributed by atoms with van der Waals surface area (Å²) in [5, 5.41) is 8.59. The van der Waals surface area contributed by atoms with Crippen LogP contribution < -0.4 is 11.4 Å². The van der Waals surface area contributed by atoms with Gasteiger partial charge in [-0.3, -0.25) is 0 Å². The monoisotopic (exact) mass is 418 g/mol. The molecule has 0 radical (unpaired) electrons. The summed E-state index contributed by atoms with van der Waals surface area (Å²) in [6.45, 7) is 4.08. The van der Waals surface area contributed by atoms with E-state index in [4.69, 9.17) is 5.73 Å². The second-order valence-electron chi connectivity index (χ2n) is 7.55. The van der Waals surface area contributed by atoms with Crippen molar-refractivity contribution in [2.45, 2.75) is 26.4 Å². The van der Waals surface area contributed by atoms with Crippen molar-refractivity contribution in [2.24, 2.45) is 5.73 Å². The topological polar surface area (TPSA) is 86.6 Å². The van der Waals surface area contributed by atoms with Crippen molar-refractivity contribution in [2.75, 3.05) is 6.54 Å². The first kappa shape index (κ1) is 19.3. The first-order chi connectivity index (χ1) is 15.1. The number of nitrogens with zero attached hydrogens (tertiary/aromatic N) is 4. The number of aromatic amines is 1. The van der Waals surface area contributed by atoms with Crippen molar-refractivity contribution in [3.63, 3.8) is 0 Å². The fraction of sp³-hybridized carbons (Fsp3) is 0.217. The van der Waals surface area contributed by atoms with E-state index in [1.807, 2.05) is 41.2 Å². The van der Waals surface area contributed by atoms with Crippen LogP contribution in [0, 0.1) is 5.82 Å². The van der Waals surface area contributed by atoms with E-state index in [1.54, 1.807) is 6.07 Å². The SMILES string of the molecule is CCn1cc(-c2n[nH]c(=O)n2-c2cn(CCCN)c3ccc(F)cc23)c2ccccc21. The van der Waals surface area contributed by atoms with E-state index < -0.39 is 0 Å². The molecule has 7 nitrogen and oxygen atoms in total. The van der Waals surface area contributed by atoms with Crippen LogP contribution in [0.1, 0.15) is 13.3 Å². The van der Waals surface area contributed by atoms with E-state index >= 15 is 0 Å². The minimum absolute atomic E-state index is 0.356. The standard InChI is InChI=1S/C23H23FN6O/c1-2-28-13-18(16-6-3-4-7-19(16)28)22-26-27-23(31)30(22)21-14-29(11-5-10-25)20-9-8-15(24)12-17(20)21/h3-4,6-9,12-14H,2,5,10-11,25H2,1H3,(H,27,31). The number of aromatic nitrogens is 5. The van der Waals surface area contributed by atoms with Gasteiger partial charge in [0.2, 0.25) is 0 Å². The van der Waals surface area contributed by atoms with Gasteiger partial charge in [0.15, 0.2) is 5.82 Å². The van der Waals surface area contributed by atoms with Crippen LogP contribution in [-0.4, -0.2) is 30.4 Å². The Kier molecular flexibility index (Phi) is 4.71. The molecule has 3 heterocycles. The second-order valence-corrected chi connectivity index (χ2v) is 7.55. The third kappa shape index (κ3) is 3.07. The normalized spacial score (nSPS) is 11.7. The van der Waals surface area contributed by atoms with E-state index in [1.165, 1.54) is 16.7 Å². The molecule has 0 aliphatic rings. The summed E-state index contributed by atoms with van der Waals surface area (Å²) in [4.78, 5) is 12.9. The molecule has 0 amide bonds. The number of hydrogen-bond donors (Lipinski definition) is 2. The highest BCUT2D eigenvalue weighted by Gasteiger charge is 2.21. The summed E-state index contributed by atoms with van der Waals surface area (Å²) in [6, 6.07) is 12.6. The maximum Gasteiger partial charge on any atom is 0.348 e. The van der Waals surface area contributed by atoms with Crippen molar-refractivity contribution in [1.82, 2.24) is 23.9 Å². The zero-order valence-electron chi connectivity index (χ0n) is 17.2. The Morgan fingerprint density at radius 2 is 1.87 bits per heavy atom. The summed E-state index contributed by atoms with van der Waals surface area (Å²) >= 11 is 0. The molecule has 31 heavy (non-hydrogen) atoms. The zero-order valence-corrected chi connectivity index (χ0v) is 17.2. The Morgan fingerprint density at radius 3 is 2.68 bits per heavy atom. The minimum atomic E-state index is -0.370. The maximum atomic E-state index is 14.2. The lowest BCUT2D eigenvalue weighted by atomic mass is 10.1. The van der Waals surface area contributed by atoms with Gasteiger partial charge in [-0.25, -0.2) is 18.9 Å². The van der Waals surface area contributed by atoms with E-state index in [9.17, 15) is 9.18 Å². The van der Waals surface area contributed by atoms with Crippen LogP contribution in [0.5, 0.6) is 0 Å². The first-order valence-electron chi connectivity index (χ1n) is 10.4. The molecule has 5 rings (SSSR count). The van der Waals surface area contributed by atoms with Crippen LogP contribution >= 0.6 is 0 Å². The van der Waals surface area contributed by atoms with Crippen LogP contribution in [0.3, 0.4) is 0 Å². The molecular weight excluding hydrogens is 395 g/mol. The van der Waals surface area contributed by atoms with Gasteiger partial charge >= 0.3 is 5.69 Å². The molecule has 0 saturated heterocycles. The lowest BCUT2D eigenvalue weighted by Gasteiger charge is -2.04. The number of H-pyrrole nitrogens is 1. The van der Waals surface area contributed by atoms with E-state index in [0.29, 0.717) is 30.0 Å². The largest absolute Gasteiger partial charge is 0.348 e. The highest BCUT2D eigenvalue weighted by atomic mass is 19.1. The molecule has 0 fully saturated rings. The molecule has 3 aromatic heterocycles. The Bertz CT molecular complexity index is 1450. The maximum absolute atomic E-state index is 14.2. The Morgan fingerprint density at radius 1 is 1.06 bits per heavy atom. The van der Waals surface area contributed by atoms with Gasteiger partial charge in [-0.15, -0.1) is 0 Å². The van der Waals surface area contributed by atoms with E-state index in [0.717, 1.165) is 34.9 Å². The van der Waals surface area contributed by atoms with E-state index in [-0.39, 0.29) is 11.5 Å². The molecule has 158 valence electrons. The number of para-hydroxylation sites is 1. The number of hydrogen-bond acceptors (Lipinski definition) is 3. The molecule has 2 aromatic carbocycles. The highest BCUT2D eigenvalue weighted by molar-refractivity contribution is 5.96. The van der Waals surface area contributed by atoms with Gasteiger partial charge in [0.05, 0.1) is 11.2 Å². The fourth-order valence-corrected chi connectivity index (χ4v) is 4.26. The molecule has 0 atom stereocenters. The van der Waals surface area contributed by atoms with Gasteiger partial charge in [0.1, 0.15) is 5.82 Å². The van der Waals surface area contributed by atoms with Gasteiger partial charge in [0.25, 0.3) is 0 Å². The molecule has 0 saturated carbocycles. The Labute approximate surface area is 177 Å². The number of fused-ring (bicyclic) bond motifs is 2. The minimum Gasteiger partial charge on any atom is -0.347 e. The summed E-state index contributed by atoms with van der Waals surface area (Å²) in [6.07, 6.45) is 4.65. The predicted molar refractivity (Wildman–Crippen MR) is 120 cm³/mol. The van der Waals surface area contributed by atoms with Crippen LogP contribution in [0.4, 0.5) is 4.39 Å². The van der Waals surface area contributed by atoms with Crippen molar-refractivity contribution in [3.8, 4) is 17.1 Å². The summed E-state index contributed by atoms with van der Waals surface area (Å²) in [7, 11) is 0.